The SMILES string of the molecule is CC(C)CNC(=O)[C@@H](CC(C)C)ONC(=O)c1cccc(C(=O)NO[C@@H]2CC(C)N(CC(C)C)C2=O)n1. The smallest absolute Gasteiger partial charge is 0.293 e. The second kappa shape index (κ2) is 14.0. The maximum Gasteiger partial charge on any atom is 0.293 e. The number of hydroxylamine groups is 2. The van der Waals surface area contributed by atoms with Crippen LogP contribution in [-0.2, 0) is 19.3 Å². The molecule has 206 valence electrons. The first kappa shape index (κ1) is 30.2. The molecule has 3 atom stereocenters. The van der Waals surface area contributed by atoms with Gasteiger partial charge in [0.05, 0.1) is 0 Å². The van der Waals surface area contributed by atoms with Crippen molar-refractivity contribution in [3.63, 3.8) is 0 Å². The third-order valence-corrected chi connectivity index (χ3v) is 5.67. The average Bonchev–Trinajstić information content (AvgIpc) is 3.10. The Bertz CT molecular complexity index is 951. The van der Waals surface area contributed by atoms with Gasteiger partial charge in [-0.1, -0.05) is 47.6 Å². The van der Waals surface area contributed by atoms with Gasteiger partial charge in [0.1, 0.15) is 11.4 Å². The van der Waals surface area contributed by atoms with Gasteiger partial charge in [-0.3, -0.25) is 28.9 Å². The van der Waals surface area contributed by atoms with E-state index in [1.165, 1.54) is 18.2 Å². The fourth-order valence-corrected chi connectivity index (χ4v) is 3.80. The van der Waals surface area contributed by atoms with E-state index in [0.717, 1.165) is 0 Å². The molecule has 0 spiro atoms. The number of likely N-dealkylation sites (tertiary alicyclic amines) is 1. The van der Waals surface area contributed by atoms with Crippen LogP contribution in [0.4, 0.5) is 0 Å². The molecule has 1 saturated heterocycles. The molecule has 1 aliphatic rings. The van der Waals surface area contributed by atoms with Crippen molar-refractivity contribution in [3.05, 3.63) is 29.6 Å². The van der Waals surface area contributed by atoms with Crippen LogP contribution in [0, 0.1) is 17.8 Å². The Labute approximate surface area is 218 Å². The molecular formula is C26H41N5O6. The first-order chi connectivity index (χ1) is 17.4. The Hall–Kier alpha value is -3.05. The normalized spacial score (nSPS) is 18.4. The molecule has 0 aromatic carbocycles. The highest BCUT2D eigenvalue weighted by atomic mass is 16.7. The van der Waals surface area contributed by atoms with Gasteiger partial charge in [0, 0.05) is 25.6 Å². The molecule has 1 aromatic rings. The summed E-state index contributed by atoms with van der Waals surface area (Å²) in [6, 6.07) is 4.33. The van der Waals surface area contributed by atoms with Crippen LogP contribution in [0.3, 0.4) is 0 Å². The summed E-state index contributed by atoms with van der Waals surface area (Å²) >= 11 is 0. The van der Waals surface area contributed by atoms with E-state index in [1.807, 2.05) is 48.5 Å². The summed E-state index contributed by atoms with van der Waals surface area (Å²) in [6.45, 7) is 15.0. The number of carbonyl (C=O) groups is 4. The number of pyridine rings is 1. The standard InChI is InChI=1S/C26H41N5O6/c1-15(2)11-21(25(34)27-13-16(3)4)36-29-23(32)19-9-8-10-20(28-19)24(33)30-37-22-12-18(7)31(26(22)35)14-17(5)6/h8-10,15-18,21-22H,11-14H2,1-7H3,(H,27,34)(H,29,32)(H,30,33)/t18?,21-,22-/m1/s1. The molecule has 0 saturated carbocycles. The van der Waals surface area contributed by atoms with Crippen molar-refractivity contribution in [1.29, 1.82) is 0 Å². The number of nitrogens with one attached hydrogen (secondary N) is 3. The van der Waals surface area contributed by atoms with E-state index < -0.39 is 24.0 Å². The number of amides is 4. The van der Waals surface area contributed by atoms with Crippen molar-refractivity contribution in [2.45, 2.75) is 79.6 Å². The molecule has 0 bridgehead atoms. The molecule has 4 amide bonds. The van der Waals surface area contributed by atoms with E-state index in [0.29, 0.717) is 31.8 Å². The highest BCUT2D eigenvalue weighted by Crippen LogP contribution is 2.22. The first-order valence-electron chi connectivity index (χ1n) is 12.9. The molecule has 1 unspecified atom stereocenters. The molecule has 2 rings (SSSR count). The third-order valence-electron chi connectivity index (χ3n) is 5.67. The van der Waals surface area contributed by atoms with Crippen molar-refractivity contribution < 1.29 is 28.9 Å². The van der Waals surface area contributed by atoms with E-state index in [4.69, 9.17) is 9.68 Å². The van der Waals surface area contributed by atoms with Gasteiger partial charge in [-0.05, 0) is 43.2 Å². The van der Waals surface area contributed by atoms with Gasteiger partial charge in [-0.25, -0.2) is 15.9 Å². The van der Waals surface area contributed by atoms with Crippen molar-refractivity contribution in [2.75, 3.05) is 13.1 Å². The Morgan fingerprint density at radius 2 is 1.62 bits per heavy atom. The average molecular weight is 520 g/mol. The Balaban J connectivity index is 1.95. The topological polar surface area (TPSA) is 139 Å². The molecular weight excluding hydrogens is 478 g/mol. The molecule has 1 aliphatic heterocycles. The zero-order chi connectivity index (χ0) is 27.7. The molecule has 1 aromatic heterocycles. The van der Waals surface area contributed by atoms with Crippen molar-refractivity contribution in [1.82, 2.24) is 26.2 Å². The van der Waals surface area contributed by atoms with E-state index in [1.54, 1.807) is 4.90 Å². The van der Waals surface area contributed by atoms with Crippen LogP contribution >= 0.6 is 0 Å². The number of nitrogens with zero attached hydrogens (tertiary/aromatic N) is 2. The summed E-state index contributed by atoms with van der Waals surface area (Å²) in [6.07, 6.45) is -0.784. The van der Waals surface area contributed by atoms with Crippen LogP contribution in [-0.4, -0.2) is 64.9 Å². The molecule has 0 aliphatic carbocycles. The van der Waals surface area contributed by atoms with Gasteiger partial charge in [-0.15, -0.1) is 0 Å². The minimum Gasteiger partial charge on any atom is -0.354 e. The Kier molecular flexibility index (Phi) is 11.4. The van der Waals surface area contributed by atoms with Crippen molar-refractivity contribution in [2.24, 2.45) is 17.8 Å². The minimum absolute atomic E-state index is 0.00827. The van der Waals surface area contributed by atoms with Gasteiger partial charge >= 0.3 is 0 Å². The molecule has 11 nitrogen and oxygen atoms in total. The molecule has 11 heteroatoms. The van der Waals surface area contributed by atoms with E-state index in [2.05, 4.69) is 21.3 Å². The van der Waals surface area contributed by atoms with Crippen LogP contribution in [0.25, 0.3) is 0 Å². The third kappa shape index (κ3) is 9.40. The van der Waals surface area contributed by atoms with Gasteiger partial charge in [-0.2, -0.15) is 0 Å². The molecule has 37 heavy (non-hydrogen) atoms. The van der Waals surface area contributed by atoms with Crippen LogP contribution in [0.2, 0.25) is 0 Å². The summed E-state index contributed by atoms with van der Waals surface area (Å²) in [5.41, 5.74) is 4.40. The van der Waals surface area contributed by atoms with E-state index in [-0.39, 0.29) is 41.1 Å². The number of hydrogen-bond acceptors (Lipinski definition) is 7. The fourth-order valence-electron chi connectivity index (χ4n) is 3.80. The zero-order valence-electron chi connectivity index (χ0n) is 22.9. The molecule has 1 fully saturated rings. The Morgan fingerprint density at radius 3 is 2.19 bits per heavy atom. The van der Waals surface area contributed by atoms with Gasteiger partial charge in [0.25, 0.3) is 23.6 Å². The van der Waals surface area contributed by atoms with Gasteiger partial charge in [0.15, 0.2) is 12.2 Å². The maximum atomic E-state index is 12.6. The van der Waals surface area contributed by atoms with Crippen LogP contribution in [0.15, 0.2) is 18.2 Å². The number of aromatic nitrogens is 1. The monoisotopic (exact) mass is 519 g/mol. The number of rotatable bonds is 13. The van der Waals surface area contributed by atoms with E-state index in [9.17, 15) is 19.2 Å². The molecule has 3 N–H and O–H groups in total. The summed E-state index contributed by atoms with van der Waals surface area (Å²) in [5, 5.41) is 2.81. The largest absolute Gasteiger partial charge is 0.354 e. The van der Waals surface area contributed by atoms with Crippen molar-refractivity contribution in [3.8, 4) is 0 Å². The second-order valence-electron chi connectivity index (χ2n) is 10.7. The minimum atomic E-state index is -0.871. The summed E-state index contributed by atoms with van der Waals surface area (Å²) in [7, 11) is 0. The van der Waals surface area contributed by atoms with Crippen molar-refractivity contribution >= 4 is 23.6 Å². The number of carbonyl (C=O) groups excluding carboxylic acids is 4. The summed E-state index contributed by atoms with van der Waals surface area (Å²) < 4.78 is 0. The number of hydrogen-bond donors (Lipinski definition) is 3. The van der Waals surface area contributed by atoms with Gasteiger partial charge < -0.3 is 10.2 Å². The second-order valence-corrected chi connectivity index (χ2v) is 10.7. The lowest BCUT2D eigenvalue weighted by molar-refractivity contribution is -0.141. The first-order valence-corrected chi connectivity index (χ1v) is 12.9. The molecule has 2 heterocycles. The summed E-state index contributed by atoms with van der Waals surface area (Å²) in [5.74, 6) is -1.14. The van der Waals surface area contributed by atoms with Crippen LogP contribution in [0.1, 0.15) is 82.3 Å². The van der Waals surface area contributed by atoms with Crippen LogP contribution < -0.4 is 16.3 Å². The highest BCUT2D eigenvalue weighted by Gasteiger charge is 2.38. The molecule has 0 radical (unpaired) electrons. The Morgan fingerprint density at radius 1 is 1.00 bits per heavy atom. The lowest BCUT2D eigenvalue weighted by Crippen LogP contribution is -2.43. The highest BCUT2D eigenvalue weighted by molar-refractivity contribution is 5.95. The lowest BCUT2D eigenvalue weighted by Gasteiger charge is -2.23. The van der Waals surface area contributed by atoms with Crippen LogP contribution in [0.5, 0.6) is 0 Å². The summed E-state index contributed by atoms with van der Waals surface area (Å²) in [4.78, 5) is 66.9. The van der Waals surface area contributed by atoms with E-state index >= 15 is 0 Å². The lowest BCUT2D eigenvalue weighted by atomic mass is 10.1. The predicted molar refractivity (Wildman–Crippen MR) is 137 cm³/mol. The zero-order valence-corrected chi connectivity index (χ0v) is 22.9. The fraction of sp³-hybridized carbons (Fsp3) is 0.654. The maximum absolute atomic E-state index is 12.6. The quantitative estimate of drug-likeness (QED) is 0.340. The predicted octanol–water partition coefficient (Wildman–Crippen LogP) is 2.24. The van der Waals surface area contributed by atoms with Gasteiger partial charge in [0.2, 0.25) is 0 Å².